The predicted molar refractivity (Wildman–Crippen MR) is 57.1 cm³/mol. The third-order valence-electron chi connectivity index (χ3n) is 2.45. The molecule has 1 aliphatic rings. The van der Waals surface area contributed by atoms with Gasteiger partial charge in [0.25, 0.3) is 0 Å². The second-order valence-electron chi connectivity index (χ2n) is 3.47. The lowest BCUT2D eigenvalue weighted by Gasteiger charge is -2.28. The van der Waals surface area contributed by atoms with Crippen molar-refractivity contribution in [3.63, 3.8) is 0 Å². The van der Waals surface area contributed by atoms with Gasteiger partial charge in [-0.25, -0.2) is 9.18 Å². The van der Waals surface area contributed by atoms with Crippen LogP contribution in [0.4, 0.5) is 10.1 Å². The van der Waals surface area contributed by atoms with Gasteiger partial charge in [0.2, 0.25) is 0 Å². The summed E-state index contributed by atoms with van der Waals surface area (Å²) in [6, 6.07) is 1.37. The number of ether oxygens (including phenoxy) is 1. The van der Waals surface area contributed by atoms with Crippen molar-refractivity contribution in [1.29, 1.82) is 0 Å². The van der Waals surface area contributed by atoms with Crippen LogP contribution in [-0.4, -0.2) is 31.3 Å². The number of carboxylic acids is 1. The molecule has 0 unspecified atom stereocenters. The van der Waals surface area contributed by atoms with Crippen molar-refractivity contribution in [2.75, 3.05) is 25.1 Å². The lowest BCUT2D eigenvalue weighted by molar-refractivity contribution is 0.0686. The zero-order valence-electron chi connectivity index (χ0n) is 8.46. The van der Waals surface area contributed by atoms with Crippen LogP contribution in [0.15, 0.2) is 6.07 Å². The fourth-order valence-corrected chi connectivity index (χ4v) is 1.82. The average Bonchev–Trinajstić information content (AvgIpc) is 2.21. The lowest BCUT2D eigenvalue weighted by atomic mass is 10.1. The van der Waals surface area contributed by atoms with Gasteiger partial charge in [0.1, 0.15) is 12.2 Å². The van der Waals surface area contributed by atoms with Crippen molar-refractivity contribution in [3.8, 4) is 5.75 Å². The minimum absolute atomic E-state index is 0.0446. The van der Waals surface area contributed by atoms with Crippen molar-refractivity contribution >= 4 is 23.3 Å². The van der Waals surface area contributed by atoms with Gasteiger partial charge >= 0.3 is 5.97 Å². The highest BCUT2D eigenvalue weighted by molar-refractivity contribution is 6.31. The Labute approximate surface area is 96.2 Å². The van der Waals surface area contributed by atoms with Gasteiger partial charge in [-0.2, -0.15) is 0 Å². The molecule has 16 heavy (non-hydrogen) atoms. The third-order valence-corrected chi connectivity index (χ3v) is 2.73. The summed E-state index contributed by atoms with van der Waals surface area (Å²) in [5.74, 6) is -2.29. The number of halogens is 2. The molecule has 1 N–H and O–H groups in total. The molecule has 1 aromatic carbocycles. The zero-order chi connectivity index (χ0) is 11.9. The van der Waals surface area contributed by atoms with E-state index < -0.39 is 17.3 Å². The van der Waals surface area contributed by atoms with E-state index in [0.29, 0.717) is 18.8 Å². The molecule has 0 spiro atoms. The number of benzene rings is 1. The fourth-order valence-electron chi connectivity index (χ4n) is 1.62. The predicted octanol–water partition coefficient (Wildman–Crippen LogP) is 2.01. The summed E-state index contributed by atoms with van der Waals surface area (Å²) in [5.41, 5.74) is -0.0101. The Bertz CT molecular complexity index is 464. The zero-order valence-corrected chi connectivity index (χ0v) is 9.21. The second kappa shape index (κ2) is 3.83. The third kappa shape index (κ3) is 1.57. The van der Waals surface area contributed by atoms with E-state index in [1.54, 1.807) is 11.9 Å². The van der Waals surface area contributed by atoms with Crippen molar-refractivity contribution in [1.82, 2.24) is 0 Å². The van der Waals surface area contributed by atoms with E-state index in [4.69, 9.17) is 21.4 Å². The highest BCUT2D eigenvalue weighted by Gasteiger charge is 2.27. The number of likely N-dealkylation sites (N-methyl/N-ethyl adjacent to an activating group) is 1. The summed E-state index contributed by atoms with van der Waals surface area (Å²) in [5, 5.41) is 8.72. The topological polar surface area (TPSA) is 49.8 Å². The van der Waals surface area contributed by atoms with E-state index >= 15 is 0 Å². The Morgan fingerprint density at radius 2 is 2.38 bits per heavy atom. The molecule has 0 aromatic heterocycles. The first kappa shape index (κ1) is 11.0. The molecule has 0 aliphatic carbocycles. The molecule has 1 aromatic rings. The minimum atomic E-state index is -1.38. The van der Waals surface area contributed by atoms with E-state index in [2.05, 4.69) is 0 Å². The van der Waals surface area contributed by atoms with Gasteiger partial charge in [0.15, 0.2) is 11.6 Å². The minimum Gasteiger partial charge on any atom is -0.489 e. The number of hydrogen-bond acceptors (Lipinski definition) is 3. The Balaban J connectivity index is 2.71. The number of rotatable bonds is 1. The highest BCUT2D eigenvalue weighted by atomic mass is 35.5. The molecule has 0 atom stereocenters. The van der Waals surface area contributed by atoms with Gasteiger partial charge in [-0.1, -0.05) is 11.6 Å². The number of carboxylic acid groups (broad SMARTS) is 1. The highest BCUT2D eigenvalue weighted by Crippen LogP contribution is 2.39. The summed E-state index contributed by atoms with van der Waals surface area (Å²) in [7, 11) is 1.77. The summed E-state index contributed by atoms with van der Waals surface area (Å²) in [4.78, 5) is 12.7. The van der Waals surface area contributed by atoms with Gasteiger partial charge in [-0.15, -0.1) is 0 Å². The van der Waals surface area contributed by atoms with E-state index in [1.807, 2.05) is 0 Å². The first-order valence-electron chi connectivity index (χ1n) is 4.61. The molecular weight excluding hydrogens is 237 g/mol. The van der Waals surface area contributed by atoms with Crippen LogP contribution in [0.25, 0.3) is 0 Å². The Morgan fingerprint density at radius 3 is 3.00 bits per heavy atom. The van der Waals surface area contributed by atoms with E-state index in [1.165, 1.54) is 6.07 Å². The number of anilines is 1. The van der Waals surface area contributed by atoms with Crippen LogP contribution >= 0.6 is 11.6 Å². The molecule has 4 nitrogen and oxygen atoms in total. The smallest absolute Gasteiger partial charge is 0.342 e. The largest absolute Gasteiger partial charge is 0.489 e. The maximum atomic E-state index is 13.6. The molecule has 0 bridgehead atoms. The van der Waals surface area contributed by atoms with Crippen molar-refractivity contribution in [3.05, 3.63) is 22.5 Å². The van der Waals surface area contributed by atoms with E-state index in [0.717, 1.165) is 0 Å². The van der Waals surface area contributed by atoms with Crippen molar-refractivity contribution in [2.24, 2.45) is 0 Å². The van der Waals surface area contributed by atoms with Gasteiger partial charge in [-0.05, 0) is 6.07 Å². The maximum absolute atomic E-state index is 13.6. The monoisotopic (exact) mass is 245 g/mol. The van der Waals surface area contributed by atoms with Crippen LogP contribution in [-0.2, 0) is 0 Å². The van der Waals surface area contributed by atoms with Crippen LogP contribution < -0.4 is 9.64 Å². The van der Waals surface area contributed by atoms with Gasteiger partial charge < -0.3 is 14.7 Å². The standard InChI is InChI=1S/C10H9ClFNO3/c1-13-2-3-16-9-6(13)4-5(11)8(12)7(9)10(14)15/h4H,2-3H2,1H3,(H,14,15). The molecule has 0 amide bonds. The Morgan fingerprint density at radius 1 is 1.69 bits per heavy atom. The quantitative estimate of drug-likeness (QED) is 0.822. The van der Waals surface area contributed by atoms with Crippen LogP contribution in [0.5, 0.6) is 5.75 Å². The first-order valence-corrected chi connectivity index (χ1v) is 4.99. The van der Waals surface area contributed by atoms with E-state index in [9.17, 15) is 9.18 Å². The molecule has 0 saturated carbocycles. The molecule has 0 fully saturated rings. The van der Waals surface area contributed by atoms with Crippen LogP contribution in [0.1, 0.15) is 10.4 Å². The number of nitrogens with zero attached hydrogens (tertiary/aromatic N) is 1. The summed E-state index contributed by atoms with van der Waals surface area (Å²) in [6.45, 7) is 0.929. The molecular formula is C10H9ClFNO3. The van der Waals surface area contributed by atoms with Gasteiger partial charge in [0.05, 0.1) is 17.3 Å². The SMILES string of the molecule is CN1CCOc2c1cc(Cl)c(F)c2C(=O)O. The van der Waals surface area contributed by atoms with Crippen LogP contribution in [0.3, 0.4) is 0 Å². The maximum Gasteiger partial charge on any atom is 0.342 e. The lowest BCUT2D eigenvalue weighted by Crippen LogP contribution is -2.30. The molecule has 86 valence electrons. The Kier molecular flexibility index (Phi) is 2.63. The van der Waals surface area contributed by atoms with Crippen molar-refractivity contribution < 1.29 is 19.0 Å². The summed E-state index contributed by atoms with van der Waals surface area (Å²) < 4.78 is 18.8. The van der Waals surface area contributed by atoms with Gasteiger partial charge in [0, 0.05) is 7.05 Å². The number of hydrogen-bond donors (Lipinski definition) is 1. The number of aromatic carboxylic acids is 1. The molecule has 0 saturated heterocycles. The number of fused-ring (bicyclic) bond motifs is 1. The fraction of sp³-hybridized carbons (Fsp3) is 0.300. The molecule has 6 heteroatoms. The number of carbonyl (C=O) groups is 1. The second-order valence-corrected chi connectivity index (χ2v) is 3.88. The summed E-state index contributed by atoms with van der Waals surface area (Å²) in [6.07, 6.45) is 0. The normalized spacial score (nSPS) is 14.3. The molecule has 2 rings (SSSR count). The first-order chi connectivity index (χ1) is 7.52. The molecule has 1 aliphatic heterocycles. The molecule has 1 heterocycles. The van der Waals surface area contributed by atoms with E-state index in [-0.39, 0.29) is 10.8 Å². The average molecular weight is 246 g/mol. The van der Waals surface area contributed by atoms with Gasteiger partial charge in [-0.3, -0.25) is 0 Å². The Hall–Kier alpha value is -1.49. The molecule has 0 radical (unpaired) electrons. The van der Waals surface area contributed by atoms with Crippen LogP contribution in [0.2, 0.25) is 5.02 Å². The summed E-state index contributed by atoms with van der Waals surface area (Å²) >= 11 is 5.64. The van der Waals surface area contributed by atoms with Crippen molar-refractivity contribution in [2.45, 2.75) is 0 Å². The van der Waals surface area contributed by atoms with Crippen LogP contribution in [0, 0.1) is 5.82 Å².